The molecule has 1 saturated heterocycles. The Kier molecular flexibility index (Phi) is 7.12. The van der Waals surface area contributed by atoms with Gasteiger partial charge in [0.1, 0.15) is 0 Å². The smallest absolute Gasteiger partial charge is 0.239 e. The molecule has 0 aromatic rings. The van der Waals surface area contributed by atoms with E-state index in [0.29, 0.717) is 11.9 Å². The van der Waals surface area contributed by atoms with Gasteiger partial charge < -0.3 is 9.64 Å². The summed E-state index contributed by atoms with van der Waals surface area (Å²) in [4.78, 5) is 19.5. The van der Waals surface area contributed by atoms with E-state index in [1.807, 2.05) is 11.9 Å². The summed E-state index contributed by atoms with van der Waals surface area (Å²) in [5.74, 6) is 0.303. The van der Waals surface area contributed by atoms with Crippen LogP contribution in [0.2, 0.25) is 0 Å². The second kappa shape index (κ2) is 8.85. The molecule has 1 amide bonds. The molecule has 0 N–H and O–H groups in total. The molecule has 128 valence electrons. The minimum atomic E-state index is 0.0106. The van der Waals surface area contributed by atoms with E-state index in [2.05, 4.69) is 16.7 Å². The maximum atomic E-state index is 12.7. The first-order valence-electron chi connectivity index (χ1n) is 8.85. The summed E-state index contributed by atoms with van der Waals surface area (Å²) in [7, 11) is 3.75. The van der Waals surface area contributed by atoms with Crippen LogP contribution in [-0.4, -0.2) is 86.2 Å². The van der Waals surface area contributed by atoms with Gasteiger partial charge in [0.2, 0.25) is 5.91 Å². The summed E-state index contributed by atoms with van der Waals surface area (Å²) in [5.41, 5.74) is 0. The van der Waals surface area contributed by atoms with Crippen molar-refractivity contribution >= 4 is 5.91 Å². The molecular formula is C17H33N3O2. The monoisotopic (exact) mass is 311 g/mol. The second-order valence-corrected chi connectivity index (χ2v) is 6.79. The fourth-order valence-corrected chi connectivity index (χ4v) is 3.69. The molecule has 0 aromatic heterocycles. The normalized spacial score (nSPS) is 23.4. The first-order valence-corrected chi connectivity index (χ1v) is 8.85. The predicted molar refractivity (Wildman–Crippen MR) is 89.0 cm³/mol. The standard InChI is InChI=1S/C17H33N3O2/c1-15(17(21)18(2)16-7-5-4-6-8-16)20-11-9-19(10-12-20)13-14-22-3/h15-16H,4-14H2,1-3H3. The van der Waals surface area contributed by atoms with Crippen molar-refractivity contribution in [1.82, 2.24) is 14.7 Å². The number of carbonyl (C=O) groups excluding carboxylic acids is 1. The van der Waals surface area contributed by atoms with Crippen LogP contribution in [0.5, 0.6) is 0 Å². The second-order valence-electron chi connectivity index (χ2n) is 6.79. The number of likely N-dealkylation sites (N-methyl/N-ethyl adjacent to an activating group) is 1. The van der Waals surface area contributed by atoms with E-state index in [0.717, 1.165) is 39.3 Å². The molecule has 2 fully saturated rings. The number of hydrogen-bond acceptors (Lipinski definition) is 4. The zero-order valence-corrected chi connectivity index (χ0v) is 14.6. The molecule has 1 unspecified atom stereocenters. The molecule has 0 spiro atoms. The summed E-state index contributed by atoms with van der Waals surface area (Å²) in [6.07, 6.45) is 6.24. The van der Waals surface area contributed by atoms with Gasteiger partial charge in [0.05, 0.1) is 12.6 Å². The number of piperazine rings is 1. The van der Waals surface area contributed by atoms with Crippen molar-refractivity contribution in [3.63, 3.8) is 0 Å². The van der Waals surface area contributed by atoms with E-state index in [4.69, 9.17) is 4.74 Å². The number of nitrogens with zero attached hydrogens (tertiary/aromatic N) is 3. The zero-order chi connectivity index (χ0) is 15.9. The molecule has 1 aliphatic heterocycles. The predicted octanol–water partition coefficient (Wildman–Crippen LogP) is 1.43. The first kappa shape index (κ1) is 17.7. The molecule has 1 aliphatic carbocycles. The highest BCUT2D eigenvalue weighted by atomic mass is 16.5. The lowest BCUT2D eigenvalue weighted by Crippen LogP contribution is -2.55. The molecule has 2 aliphatic rings. The van der Waals surface area contributed by atoms with Gasteiger partial charge in [0.25, 0.3) is 0 Å². The zero-order valence-electron chi connectivity index (χ0n) is 14.6. The van der Waals surface area contributed by atoms with Gasteiger partial charge in [-0.05, 0) is 19.8 Å². The van der Waals surface area contributed by atoms with Gasteiger partial charge in [-0.1, -0.05) is 19.3 Å². The Balaban J connectivity index is 1.78. The number of rotatable bonds is 6. The lowest BCUT2D eigenvalue weighted by Gasteiger charge is -2.40. The van der Waals surface area contributed by atoms with Crippen LogP contribution in [-0.2, 0) is 9.53 Å². The molecule has 1 saturated carbocycles. The third-order valence-corrected chi connectivity index (χ3v) is 5.39. The van der Waals surface area contributed by atoms with Crippen LogP contribution in [0.4, 0.5) is 0 Å². The average Bonchev–Trinajstić information content (AvgIpc) is 2.59. The van der Waals surface area contributed by atoms with Crippen molar-refractivity contribution < 1.29 is 9.53 Å². The average molecular weight is 311 g/mol. The third kappa shape index (κ3) is 4.67. The molecule has 0 radical (unpaired) electrons. The van der Waals surface area contributed by atoms with Gasteiger partial charge in [-0.3, -0.25) is 14.6 Å². The van der Waals surface area contributed by atoms with Crippen LogP contribution in [0.1, 0.15) is 39.0 Å². The van der Waals surface area contributed by atoms with Crippen molar-refractivity contribution in [2.75, 3.05) is 53.5 Å². The molecule has 1 atom stereocenters. The third-order valence-electron chi connectivity index (χ3n) is 5.39. The summed E-state index contributed by atoms with van der Waals surface area (Å²) < 4.78 is 5.14. The van der Waals surface area contributed by atoms with Crippen LogP contribution >= 0.6 is 0 Å². The molecule has 5 nitrogen and oxygen atoms in total. The quantitative estimate of drug-likeness (QED) is 0.743. The Morgan fingerprint density at radius 3 is 2.41 bits per heavy atom. The Morgan fingerprint density at radius 2 is 1.82 bits per heavy atom. The number of hydrogen-bond donors (Lipinski definition) is 0. The van der Waals surface area contributed by atoms with E-state index >= 15 is 0 Å². The van der Waals surface area contributed by atoms with Gasteiger partial charge in [-0.2, -0.15) is 0 Å². The van der Waals surface area contributed by atoms with Crippen LogP contribution in [0.3, 0.4) is 0 Å². The van der Waals surface area contributed by atoms with Gasteiger partial charge in [-0.15, -0.1) is 0 Å². The minimum absolute atomic E-state index is 0.0106. The van der Waals surface area contributed by atoms with Gasteiger partial charge in [-0.25, -0.2) is 0 Å². The minimum Gasteiger partial charge on any atom is -0.383 e. The van der Waals surface area contributed by atoms with Crippen LogP contribution < -0.4 is 0 Å². The number of methoxy groups -OCH3 is 1. The van der Waals surface area contributed by atoms with Gasteiger partial charge >= 0.3 is 0 Å². The highest BCUT2D eigenvalue weighted by Crippen LogP contribution is 2.22. The molecule has 22 heavy (non-hydrogen) atoms. The highest BCUT2D eigenvalue weighted by Gasteiger charge is 2.30. The van der Waals surface area contributed by atoms with E-state index in [9.17, 15) is 4.79 Å². The SMILES string of the molecule is COCCN1CCN(C(C)C(=O)N(C)C2CCCCC2)CC1. The van der Waals surface area contributed by atoms with Crippen LogP contribution in [0.15, 0.2) is 0 Å². The number of amides is 1. The van der Waals surface area contributed by atoms with Crippen molar-refractivity contribution in [2.45, 2.75) is 51.1 Å². The molecule has 0 bridgehead atoms. The Hall–Kier alpha value is -0.650. The van der Waals surface area contributed by atoms with Crippen molar-refractivity contribution in [3.05, 3.63) is 0 Å². The molecular weight excluding hydrogens is 278 g/mol. The van der Waals surface area contributed by atoms with Crippen molar-refractivity contribution in [2.24, 2.45) is 0 Å². The number of ether oxygens (including phenoxy) is 1. The number of carbonyl (C=O) groups is 1. The summed E-state index contributed by atoms with van der Waals surface area (Å²) in [6, 6.07) is 0.475. The maximum absolute atomic E-state index is 12.7. The van der Waals surface area contributed by atoms with E-state index < -0.39 is 0 Å². The topological polar surface area (TPSA) is 36.0 Å². The summed E-state index contributed by atoms with van der Waals surface area (Å²) in [5, 5.41) is 0. The first-order chi connectivity index (χ1) is 10.6. The van der Waals surface area contributed by atoms with E-state index in [-0.39, 0.29) is 6.04 Å². The molecule has 0 aromatic carbocycles. The lowest BCUT2D eigenvalue weighted by atomic mass is 9.94. The van der Waals surface area contributed by atoms with Gasteiger partial charge in [0, 0.05) is 52.9 Å². The molecule has 2 rings (SSSR count). The van der Waals surface area contributed by atoms with E-state index in [1.54, 1.807) is 7.11 Å². The molecule has 5 heteroatoms. The van der Waals surface area contributed by atoms with E-state index in [1.165, 1.54) is 32.1 Å². The van der Waals surface area contributed by atoms with Crippen LogP contribution in [0.25, 0.3) is 0 Å². The van der Waals surface area contributed by atoms with Gasteiger partial charge in [0.15, 0.2) is 0 Å². The maximum Gasteiger partial charge on any atom is 0.239 e. The Morgan fingerprint density at radius 1 is 1.18 bits per heavy atom. The Bertz CT molecular complexity index is 337. The summed E-state index contributed by atoms with van der Waals surface area (Å²) >= 11 is 0. The largest absolute Gasteiger partial charge is 0.383 e. The highest BCUT2D eigenvalue weighted by molar-refractivity contribution is 5.81. The molecule has 1 heterocycles. The van der Waals surface area contributed by atoms with Crippen molar-refractivity contribution in [3.8, 4) is 0 Å². The summed E-state index contributed by atoms with van der Waals surface area (Å²) in [6.45, 7) is 7.90. The van der Waals surface area contributed by atoms with Crippen LogP contribution in [0, 0.1) is 0 Å². The fourth-order valence-electron chi connectivity index (χ4n) is 3.69. The fraction of sp³-hybridized carbons (Fsp3) is 0.941. The van der Waals surface area contributed by atoms with Crippen molar-refractivity contribution in [1.29, 1.82) is 0 Å². The lowest BCUT2D eigenvalue weighted by molar-refractivity contribution is -0.138. The Labute approximate surface area is 135 Å².